The summed E-state index contributed by atoms with van der Waals surface area (Å²) in [5.74, 6) is 0. The lowest BCUT2D eigenvalue weighted by Crippen LogP contribution is -2.15. The molecular weight excluding hydrogens is 591 g/mol. The van der Waals surface area contributed by atoms with Crippen LogP contribution in [0.25, 0.3) is 77.2 Å². The highest BCUT2D eigenvalue weighted by atomic mass is 14.4. The highest BCUT2D eigenvalue weighted by Crippen LogP contribution is 2.52. The van der Waals surface area contributed by atoms with Crippen LogP contribution in [-0.4, -0.2) is 0 Å². The molecule has 0 unspecified atom stereocenters. The molecule has 0 heterocycles. The first-order valence-electron chi connectivity index (χ1n) is 16.9. The number of rotatable bonds is 4. The Bertz CT molecular complexity index is 2560. The summed E-state index contributed by atoms with van der Waals surface area (Å²) in [6, 6.07) is 61.6. The Morgan fingerprint density at radius 1 is 0.388 bits per heavy atom. The van der Waals surface area contributed by atoms with Gasteiger partial charge in [0.05, 0.1) is 11.6 Å². The SMILES string of the molecule is CC1(C)c2cc(C#N)ccc2-c2ccc(-c3c4ccccc4c(-c4ccc(-c5ccccc5)cc4-c4ccccc4)c4ccccc34)cc21. The van der Waals surface area contributed by atoms with E-state index in [4.69, 9.17) is 0 Å². The van der Waals surface area contributed by atoms with Crippen molar-refractivity contribution in [1.29, 1.82) is 5.26 Å². The first-order valence-corrected chi connectivity index (χ1v) is 16.9. The van der Waals surface area contributed by atoms with E-state index in [9.17, 15) is 5.26 Å². The fraction of sp³-hybridized carbons (Fsp3) is 0.0625. The minimum atomic E-state index is -0.218. The summed E-state index contributed by atoms with van der Waals surface area (Å²) in [6.07, 6.45) is 0. The molecule has 8 aromatic carbocycles. The zero-order valence-corrected chi connectivity index (χ0v) is 27.5. The molecule has 0 bridgehead atoms. The van der Waals surface area contributed by atoms with Crippen LogP contribution in [0, 0.1) is 11.3 Å². The molecule has 8 aromatic rings. The van der Waals surface area contributed by atoms with Gasteiger partial charge in [0.2, 0.25) is 0 Å². The van der Waals surface area contributed by atoms with Gasteiger partial charge in [0.1, 0.15) is 0 Å². The molecule has 0 aromatic heterocycles. The first kappa shape index (κ1) is 29.0. The molecule has 9 rings (SSSR count). The maximum Gasteiger partial charge on any atom is 0.0991 e. The van der Waals surface area contributed by atoms with Crippen LogP contribution in [0.5, 0.6) is 0 Å². The third kappa shape index (κ3) is 4.53. The molecule has 1 aliphatic carbocycles. The molecule has 1 nitrogen and oxygen atoms in total. The standard InChI is InChI=1S/C48H33N/c1-48(2)44-27-31(30-49)21-24-36(44)37-25-23-35(29-45(37)48)46-38-17-9-11-19-40(38)47(41-20-12-10-18-39(41)46)42-26-22-34(32-13-5-3-6-14-32)28-43(42)33-15-7-4-8-16-33/h3-29H,1-2H3. The molecule has 0 saturated heterocycles. The fourth-order valence-corrected chi connectivity index (χ4v) is 8.12. The van der Waals surface area contributed by atoms with Gasteiger partial charge in [0, 0.05) is 5.41 Å². The first-order chi connectivity index (χ1) is 24.0. The van der Waals surface area contributed by atoms with Crippen molar-refractivity contribution in [2.45, 2.75) is 19.3 Å². The lowest BCUT2D eigenvalue weighted by Gasteiger charge is -2.23. The molecule has 1 aliphatic rings. The average Bonchev–Trinajstić information content (AvgIpc) is 3.39. The topological polar surface area (TPSA) is 23.8 Å². The van der Waals surface area contributed by atoms with Crippen molar-refractivity contribution in [1.82, 2.24) is 0 Å². The normalized spacial score (nSPS) is 12.8. The van der Waals surface area contributed by atoms with Gasteiger partial charge >= 0.3 is 0 Å². The van der Waals surface area contributed by atoms with Crippen LogP contribution < -0.4 is 0 Å². The second-order valence-electron chi connectivity index (χ2n) is 13.6. The van der Waals surface area contributed by atoms with Crippen molar-refractivity contribution in [2.24, 2.45) is 0 Å². The van der Waals surface area contributed by atoms with E-state index in [1.807, 2.05) is 6.07 Å². The van der Waals surface area contributed by atoms with E-state index in [0.29, 0.717) is 5.56 Å². The molecule has 0 atom stereocenters. The molecule has 1 heteroatoms. The summed E-state index contributed by atoms with van der Waals surface area (Å²) < 4.78 is 0. The Hall–Kier alpha value is -6.23. The van der Waals surface area contributed by atoms with Gasteiger partial charge < -0.3 is 0 Å². The molecule has 0 amide bonds. The van der Waals surface area contributed by atoms with Crippen molar-refractivity contribution >= 4 is 21.5 Å². The summed E-state index contributed by atoms with van der Waals surface area (Å²) in [6.45, 7) is 4.57. The van der Waals surface area contributed by atoms with E-state index in [2.05, 4.69) is 178 Å². The monoisotopic (exact) mass is 623 g/mol. The van der Waals surface area contributed by atoms with E-state index < -0.39 is 0 Å². The van der Waals surface area contributed by atoms with Gasteiger partial charge in [0.25, 0.3) is 0 Å². The number of hydrogen-bond donors (Lipinski definition) is 0. The molecule has 230 valence electrons. The highest BCUT2D eigenvalue weighted by Gasteiger charge is 2.36. The van der Waals surface area contributed by atoms with Gasteiger partial charge in [-0.3, -0.25) is 0 Å². The van der Waals surface area contributed by atoms with E-state index >= 15 is 0 Å². The highest BCUT2D eigenvalue weighted by molar-refractivity contribution is 6.22. The van der Waals surface area contributed by atoms with Gasteiger partial charge in [-0.05, 0) is 113 Å². The van der Waals surface area contributed by atoms with Gasteiger partial charge in [0.15, 0.2) is 0 Å². The zero-order valence-electron chi connectivity index (χ0n) is 27.5. The van der Waals surface area contributed by atoms with Gasteiger partial charge in [-0.1, -0.05) is 153 Å². The fourth-order valence-electron chi connectivity index (χ4n) is 8.12. The summed E-state index contributed by atoms with van der Waals surface area (Å²) in [4.78, 5) is 0. The zero-order chi connectivity index (χ0) is 33.1. The molecule has 49 heavy (non-hydrogen) atoms. The summed E-state index contributed by atoms with van der Waals surface area (Å²) in [7, 11) is 0. The molecule has 0 radical (unpaired) electrons. The van der Waals surface area contributed by atoms with Gasteiger partial charge in [-0.25, -0.2) is 0 Å². The number of nitriles is 1. The lowest BCUT2D eigenvalue weighted by atomic mass is 9.80. The number of fused-ring (bicyclic) bond motifs is 5. The third-order valence-electron chi connectivity index (χ3n) is 10.5. The summed E-state index contributed by atoms with van der Waals surface area (Å²) in [5.41, 5.74) is 15.3. The van der Waals surface area contributed by atoms with Crippen molar-refractivity contribution in [2.75, 3.05) is 0 Å². The smallest absolute Gasteiger partial charge is 0.0991 e. The Labute approximate surface area is 287 Å². The third-order valence-corrected chi connectivity index (χ3v) is 10.5. The number of nitrogens with zero attached hydrogens (tertiary/aromatic N) is 1. The second kappa shape index (κ2) is 11.2. The molecule has 0 N–H and O–H groups in total. The molecule has 0 fully saturated rings. The van der Waals surface area contributed by atoms with Crippen LogP contribution in [0.2, 0.25) is 0 Å². The van der Waals surface area contributed by atoms with Crippen LogP contribution in [-0.2, 0) is 5.41 Å². The number of hydrogen-bond acceptors (Lipinski definition) is 1. The van der Waals surface area contributed by atoms with E-state index in [1.54, 1.807) is 0 Å². The van der Waals surface area contributed by atoms with Crippen LogP contribution in [0.3, 0.4) is 0 Å². The van der Waals surface area contributed by atoms with Crippen LogP contribution in [0.15, 0.2) is 164 Å². The van der Waals surface area contributed by atoms with Crippen LogP contribution >= 0.6 is 0 Å². The maximum absolute atomic E-state index is 9.65. The number of benzene rings is 8. The molecular formula is C48H33N. The predicted octanol–water partition coefficient (Wildman–Crippen LogP) is 12.8. The minimum Gasteiger partial charge on any atom is -0.192 e. The molecule has 0 spiro atoms. The Kier molecular flexibility index (Phi) is 6.61. The van der Waals surface area contributed by atoms with Crippen LogP contribution in [0.4, 0.5) is 0 Å². The maximum atomic E-state index is 9.65. The predicted molar refractivity (Wildman–Crippen MR) is 205 cm³/mol. The van der Waals surface area contributed by atoms with Crippen LogP contribution in [0.1, 0.15) is 30.5 Å². The van der Waals surface area contributed by atoms with Gasteiger partial charge in [-0.15, -0.1) is 0 Å². The Balaban J connectivity index is 1.31. The summed E-state index contributed by atoms with van der Waals surface area (Å²) in [5, 5.41) is 14.6. The lowest BCUT2D eigenvalue weighted by molar-refractivity contribution is 0.660. The van der Waals surface area contributed by atoms with E-state index in [-0.39, 0.29) is 5.41 Å². The quantitative estimate of drug-likeness (QED) is 0.179. The molecule has 0 aliphatic heterocycles. The van der Waals surface area contributed by atoms with E-state index in [1.165, 1.54) is 88.3 Å². The average molecular weight is 624 g/mol. The van der Waals surface area contributed by atoms with Gasteiger partial charge in [-0.2, -0.15) is 5.26 Å². The Morgan fingerprint density at radius 3 is 1.49 bits per heavy atom. The van der Waals surface area contributed by atoms with Crippen molar-refractivity contribution in [3.63, 3.8) is 0 Å². The Morgan fingerprint density at radius 2 is 0.878 bits per heavy atom. The largest absolute Gasteiger partial charge is 0.192 e. The summed E-state index contributed by atoms with van der Waals surface area (Å²) >= 11 is 0. The van der Waals surface area contributed by atoms with Crippen molar-refractivity contribution < 1.29 is 0 Å². The van der Waals surface area contributed by atoms with Crippen molar-refractivity contribution in [3.05, 3.63) is 180 Å². The van der Waals surface area contributed by atoms with Crippen molar-refractivity contribution in [3.8, 4) is 61.7 Å². The minimum absolute atomic E-state index is 0.218. The molecule has 0 saturated carbocycles. The second-order valence-corrected chi connectivity index (χ2v) is 13.6. The van der Waals surface area contributed by atoms with E-state index in [0.717, 1.165) is 0 Å².